The minimum atomic E-state index is -2.95. The highest BCUT2D eigenvalue weighted by Gasteiger charge is 2.42. The molecule has 0 unspecified atom stereocenters. The number of hydrogen-bond donors (Lipinski definition) is 2. The number of fused-ring (bicyclic) bond motifs is 1. The van der Waals surface area contributed by atoms with Gasteiger partial charge in [0.15, 0.2) is 15.0 Å². The number of carbonyl (C=O) groups is 1. The van der Waals surface area contributed by atoms with Crippen molar-refractivity contribution in [3.63, 3.8) is 0 Å². The van der Waals surface area contributed by atoms with E-state index in [0.29, 0.717) is 12.1 Å². The predicted molar refractivity (Wildman–Crippen MR) is 107 cm³/mol. The number of sulfone groups is 1. The Labute approximate surface area is 161 Å². The quantitative estimate of drug-likeness (QED) is 0.807. The van der Waals surface area contributed by atoms with Gasteiger partial charge in [0, 0.05) is 35.4 Å². The first kappa shape index (κ1) is 18.0. The Morgan fingerprint density at radius 2 is 2.00 bits per heavy atom. The number of hydrogen-bond acceptors (Lipinski definition) is 7. The third-order valence-corrected chi connectivity index (χ3v) is 7.53. The van der Waals surface area contributed by atoms with Crippen molar-refractivity contribution in [3.05, 3.63) is 59.9 Å². The maximum atomic E-state index is 12.2. The van der Waals surface area contributed by atoms with E-state index >= 15 is 0 Å². The zero-order valence-electron chi connectivity index (χ0n) is 14.3. The molecule has 2 atom stereocenters. The predicted octanol–water partition coefficient (Wildman–Crippen LogP) is 1.69. The van der Waals surface area contributed by atoms with Crippen LogP contribution in [0.4, 0.5) is 5.69 Å². The summed E-state index contributed by atoms with van der Waals surface area (Å²) in [5.74, 6) is 0.164. The molecular weight excluding hydrogens is 384 g/mol. The number of anilines is 1. The Morgan fingerprint density at radius 1 is 1.19 bits per heavy atom. The molecule has 2 aromatic rings. The number of amides is 1. The lowest BCUT2D eigenvalue weighted by atomic mass is 10.2. The zero-order valence-corrected chi connectivity index (χ0v) is 16.0. The first-order chi connectivity index (χ1) is 13.0. The van der Waals surface area contributed by atoms with E-state index in [1.54, 1.807) is 24.5 Å². The molecule has 1 saturated heterocycles. The van der Waals surface area contributed by atoms with Crippen molar-refractivity contribution < 1.29 is 13.2 Å². The Bertz CT molecular complexity index is 975. The first-order valence-corrected chi connectivity index (χ1v) is 11.2. The average molecular weight is 403 g/mol. The van der Waals surface area contributed by atoms with Crippen LogP contribution in [0.1, 0.15) is 15.9 Å². The van der Waals surface area contributed by atoms with Crippen molar-refractivity contribution in [2.45, 2.75) is 17.8 Å². The highest BCUT2D eigenvalue weighted by Crippen LogP contribution is 2.34. The number of benzene rings is 1. The standard InChI is InChI=1S/C18H18N4O3S2/c23-17(20-9-12-2-1-7-19-8-12)13-3-5-14(6-4-13)21-18-22-15-10-27(24,25)11-16(15)26-18/h1-8,15-16H,9-11H2,(H,20,23)(H,21,22)/t15-,16+/m0/s1. The van der Waals surface area contributed by atoms with Gasteiger partial charge in [-0.15, -0.1) is 0 Å². The van der Waals surface area contributed by atoms with Gasteiger partial charge in [-0.1, -0.05) is 17.8 Å². The van der Waals surface area contributed by atoms with Crippen LogP contribution in [0.15, 0.2) is 53.8 Å². The molecule has 0 aliphatic carbocycles. The molecule has 1 aromatic heterocycles. The molecule has 4 rings (SSSR count). The van der Waals surface area contributed by atoms with Gasteiger partial charge in [0.1, 0.15) is 0 Å². The number of thioether (sulfide) groups is 1. The lowest BCUT2D eigenvalue weighted by Crippen LogP contribution is -2.22. The lowest BCUT2D eigenvalue weighted by Gasteiger charge is -2.08. The second kappa shape index (κ2) is 7.32. The molecule has 7 nitrogen and oxygen atoms in total. The van der Waals surface area contributed by atoms with Gasteiger partial charge in [-0.25, -0.2) is 8.42 Å². The van der Waals surface area contributed by atoms with Crippen LogP contribution in [0, 0.1) is 0 Å². The summed E-state index contributed by atoms with van der Waals surface area (Å²) in [7, 11) is -2.95. The van der Waals surface area contributed by atoms with Gasteiger partial charge in [-0.05, 0) is 35.9 Å². The molecular formula is C18H18N4O3S2. The highest BCUT2D eigenvalue weighted by atomic mass is 32.2. The van der Waals surface area contributed by atoms with Crippen LogP contribution in [0.25, 0.3) is 0 Å². The smallest absolute Gasteiger partial charge is 0.251 e. The fourth-order valence-electron chi connectivity index (χ4n) is 3.03. The van der Waals surface area contributed by atoms with E-state index < -0.39 is 9.84 Å². The van der Waals surface area contributed by atoms with Crippen LogP contribution in [0.2, 0.25) is 0 Å². The molecule has 0 bridgehead atoms. The third-order valence-electron chi connectivity index (χ3n) is 4.39. The minimum absolute atomic E-state index is 0.00928. The van der Waals surface area contributed by atoms with E-state index in [4.69, 9.17) is 0 Å². The van der Waals surface area contributed by atoms with Crippen LogP contribution < -0.4 is 10.6 Å². The average Bonchev–Trinajstić information content (AvgIpc) is 3.13. The third kappa shape index (κ3) is 4.30. The molecule has 27 heavy (non-hydrogen) atoms. The van der Waals surface area contributed by atoms with E-state index in [1.807, 2.05) is 24.3 Å². The molecule has 1 aromatic carbocycles. The number of rotatable bonds is 4. The van der Waals surface area contributed by atoms with E-state index in [2.05, 4.69) is 20.6 Å². The molecule has 0 spiro atoms. The van der Waals surface area contributed by atoms with E-state index in [9.17, 15) is 13.2 Å². The molecule has 1 amide bonds. The summed E-state index contributed by atoms with van der Waals surface area (Å²) in [6.07, 6.45) is 3.41. The van der Waals surface area contributed by atoms with Crippen molar-refractivity contribution >= 4 is 38.4 Å². The summed E-state index contributed by atoms with van der Waals surface area (Å²) < 4.78 is 23.2. The molecule has 0 saturated carbocycles. The number of amidine groups is 1. The summed E-state index contributed by atoms with van der Waals surface area (Å²) in [5, 5.41) is 6.80. The van der Waals surface area contributed by atoms with Gasteiger partial charge in [0.25, 0.3) is 5.91 Å². The molecule has 140 valence electrons. The fourth-order valence-corrected chi connectivity index (χ4v) is 6.71. The van der Waals surface area contributed by atoms with Gasteiger partial charge in [0.05, 0.1) is 17.5 Å². The highest BCUT2D eigenvalue weighted by molar-refractivity contribution is 8.15. The van der Waals surface area contributed by atoms with E-state index in [0.717, 1.165) is 16.4 Å². The molecule has 2 aliphatic rings. The topological polar surface area (TPSA) is 101 Å². The Balaban J connectivity index is 1.33. The fraction of sp³-hybridized carbons (Fsp3) is 0.278. The number of nitrogens with one attached hydrogen (secondary N) is 2. The molecule has 2 N–H and O–H groups in total. The molecule has 1 fully saturated rings. The van der Waals surface area contributed by atoms with Gasteiger partial charge < -0.3 is 10.6 Å². The van der Waals surface area contributed by atoms with Crippen LogP contribution >= 0.6 is 11.8 Å². The number of nitrogens with zero attached hydrogens (tertiary/aromatic N) is 2. The lowest BCUT2D eigenvalue weighted by molar-refractivity contribution is 0.0951. The Morgan fingerprint density at radius 3 is 2.70 bits per heavy atom. The normalized spacial score (nSPS) is 22.7. The number of carbonyl (C=O) groups excluding carboxylic acids is 1. The van der Waals surface area contributed by atoms with Gasteiger partial charge >= 0.3 is 0 Å². The first-order valence-electron chi connectivity index (χ1n) is 8.48. The molecule has 3 heterocycles. The maximum absolute atomic E-state index is 12.2. The number of aromatic nitrogens is 1. The van der Waals surface area contributed by atoms with Crippen LogP contribution in [-0.2, 0) is 16.4 Å². The second-order valence-electron chi connectivity index (χ2n) is 6.48. The van der Waals surface area contributed by atoms with Crippen molar-refractivity contribution in [1.29, 1.82) is 0 Å². The summed E-state index contributed by atoms with van der Waals surface area (Å²) in [5.41, 5.74) is 2.31. The molecule has 2 aliphatic heterocycles. The SMILES string of the molecule is O=C(NCc1cccnc1)c1ccc(NC2=N[C@H]3CS(=O)(=O)C[C@H]3S2)cc1. The van der Waals surface area contributed by atoms with Crippen LogP contribution in [0.3, 0.4) is 0 Å². The largest absolute Gasteiger partial charge is 0.348 e. The van der Waals surface area contributed by atoms with Gasteiger partial charge in [0.2, 0.25) is 0 Å². The van der Waals surface area contributed by atoms with Crippen molar-refractivity contribution in [3.8, 4) is 0 Å². The van der Waals surface area contributed by atoms with Crippen molar-refractivity contribution in [1.82, 2.24) is 10.3 Å². The summed E-state index contributed by atoms with van der Waals surface area (Å²) in [4.78, 5) is 20.7. The minimum Gasteiger partial charge on any atom is -0.348 e. The number of pyridine rings is 1. The summed E-state index contributed by atoms with van der Waals surface area (Å²) in [6, 6.07) is 10.7. The van der Waals surface area contributed by atoms with Crippen LogP contribution in [0.5, 0.6) is 0 Å². The van der Waals surface area contributed by atoms with Crippen molar-refractivity contribution in [2.24, 2.45) is 4.99 Å². The summed E-state index contributed by atoms with van der Waals surface area (Å²) in [6.45, 7) is 0.422. The maximum Gasteiger partial charge on any atom is 0.251 e. The van der Waals surface area contributed by atoms with Gasteiger partial charge in [-0.2, -0.15) is 0 Å². The zero-order chi connectivity index (χ0) is 18.9. The van der Waals surface area contributed by atoms with Crippen LogP contribution in [-0.4, -0.2) is 47.3 Å². The van der Waals surface area contributed by atoms with Gasteiger partial charge in [-0.3, -0.25) is 14.8 Å². The van der Waals surface area contributed by atoms with Crippen molar-refractivity contribution in [2.75, 3.05) is 16.8 Å². The van der Waals surface area contributed by atoms with E-state index in [-0.39, 0.29) is 28.7 Å². The summed E-state index contributed by atoms with van der Waals surface area (Å²) >= 11 is 1.47. The Hall–Kier alpha value is -2.39. The van der Waals surface area contributed by atoms with E-state index in [1.165, 1.54) is 11.8 Å². The monoisotopic (exact) mass is 402 g/mol. The molecule has 9 heteroatoms. The second-order valence-corrected chi connectivity index (χ2v) is 9.86. The molecule has 0 radical (unpaired) electrons. The Kier molecular flexibility index (Phi) is 4.88. The number of aliphatic imine (C=N–C) groups is 1.